The van der Waals surface area contributed by atoms with Gasteiger partial charge in [0, 0.05) is 6.61 Å². The average Bonchev–Trinajstić information content (AvgIpc) is 2.92. The minimum absolute atomic E-state index is 0.0981. The summed E-state index contributed by atoms with van der Waals surface area (Å²) in [5.41, 5.74) is 4.99. The van der Waals surface area contributed by atoms with E-state index in [9.17, 15) is 8.78 Å². The highest BCUT2D eigenvalue weighted by molar-refractivity contribution is 5.53. The van der Waals surface area contributed by atoms with Gasteiger partial charge in [-0.25, -0.2) is 8.78 Å². The third-order valence-corrected chi connectivity index (χ3v) is 2.87. The molecule has 114 valence electrons. The highest BCUT2D eigenvalue weighted by Crippen LogP contribution is 2.25. The molecule has 2 rings (SSSR count). The smallest absolute Gasteiger partial charge is 0.261 e. The molecule has 0 aliphatic heterocycles. The summed E-state index contributed by atoms with van der Waals surface area (Å²) in [6, 6.07) is 3.74. The second kappa shape index (κ2) is 6.28. The largest absolute Gasteiger partial charge is 0.379 e. The van der Waals surface area contributed by atoms with Crippen LogP contribution in [0.25, 0.3) is 11.5 Å². The van der Waals surface area contributed by atoms with Crippen LogP contribution < -0.4 is 5.73 Å². The van der Waals surface area contributed by atoms with E-state index in [1.807, 2.05) is 6.92 Å². The molecule has 1 aromatic heterocycles. The van der Waals surface area contributed by atoms with E-state index >= 15 is 0 Å². The normalized spacial score (nSPS) is 14.1. The van der Waals surface area contributed by atoms with E-state index in [2.05, 4.69) is 10.1 Å². The number of hydrogen-bond acceptors (Lipinski definition) is 5. The molecule has 21 heavy (non-hydrogen) atoms. The Bertz CT molecular complexity index is 614. The molecule has 2 N–H and O–H groups in total. The predicted octanol–water partition coefficient (Wildman–Crippen LogP) is 2.62. The zero-order valence-electron chi connectivity index (χ0n) is 11.9. The number of nitrogens with two attached hydrogens (primary N) is 1. The van der Waals surface area contributed by atoms with Gasteiger partial charge in [-0.15, -0.1) is 0 Å². The number of hydrogen-bond donors (Lipinski definition) is 1. The van der Waals surface area contributed by atoms with E-state index in [0.29, 0.717) is 6.61 Å². The molecule has 0 aliphatic rings. The monoisotopic (exact) mass is 297 g/mol. The van der Waals surface area contributed by atoms with Crippen LogP contribution in [0.3, 0.4) is 0 Å². The lowest BCUT2D eigenvalue weighted by Crippen LogP contribution is -2.39. The van der Waals surface area contributed by atoms with Crippen molar-refractivity contribution in [1.29, 1.82) is 0 Å². The fourth-order valence-electron chi connectivity index (χ4n) is 1.73. The number of rotatable bonds is 6. The van der Waals surface area contributed by atoms with Gasteiger partial charge < -0.3 is 15.0 Å². The summed E-state index contributed by atoms with van der Waals surface area (Å²) in [4.78, 5) is 4.04. The van der Waals surface area contributed by atoms with Crippen molar-refractivity contribution in [3.63, 3.8) is 0 Å². The first-order valence-corrected chi connectivity index (χ1v) is 6.61. The van der Waals surface area contributed by atoms with Crippen molar-refractivity contribution in [3.05, 3.63) is 35.7 Å². The summed E-state index contributed by atoms with van der Waals surface area (Å²) in [6.45, 7) is 4.42. The van der Waals surface area contributed by atoms with Crippen LogP contribution in [0, 0.1) is 11.6 Å². The summed E-state index contributed by atoms with van der Waals surface area (Å²) < 4.78 is 37.2. The molecule has 1 atom stereocenters. The fraction of sp³-hybridized carbons (Fsp3) is 0.429. The predicted molar refractivity (Wildman–Crippen MR) is 72.3 cm³/mol. The molecular weight excluding hydrogens is 280 g/mol. The van der Waals surface area contributed by atoms with Crippen molar-refractivity contribution >= 4 is 0 Å². The third-order valence-electron chi connectivity index (χ3n) is 2.87. The molecule has 1 aromatic carbocycles. The van der Waals surface area contributed by atoms with Gasteiger partial charge in [0.15, 0.2) is 17.5 Å². The van der Waals surface area contributed by atoms with Gasteiger partial charge in [-0.3, -0.25) is 0 Å². The Morgan fingerprint density at radius 3 is 2.86 bits per heavy atom. The van der Waals surface area contributed by atoms with E-state index in [4.69, 9.17) is 15.0 Å². The molecule has 0 saturated heterocycles. The number of ether oxygens (including phenoxy) is 1. The average molecular weight is 297 g/mol. The van der Waals surface area contributed by atoms with Crippen molar-refractivity contribution < 1.29 is 18.0 Å². The van der Waals surface area contributed by atoms with Crippen molar-refractivity contribution in [2.75, 3.05) is 13.2 Å². The fourth-order valence-corrected chi connectivity index (χ4v) is 1.73. The van der Waals surface area contributed by atoms with Crippen LogP contribution in [0.5, 0.6) is 0 Å². The van der Waals surface area contributed by atoms with E-state index < -0.39 is 17.2 Å². The molecule has 0 spiro atoms. The van der Waals surface area contributed by atoms with Gasteiger partial charge in [-0.1, -0.05) is 18.1 Å². The number of benzene rings is 1. The van der Waals surface area contributed by atoms with Gasteiger partial charge in [-0.2, -0.15) is 4.98 Å². The van der Waals surface area contributed by atoms with Crippen LogP contribution in [-0.4, -0.2) is 23.4 Å². The first-order chi connectivity index (χ1) is 9.95. The Labute approximate surface area is 121 Å². The minimum atomic E-state index is -1.03. The van der Waals surface area contributed by atoms with Gasteiger partial charge >= 0.3 is 0 Å². The molecular formula is C14H17F2N3O2. The van der Waals surface area contributed by atoms with Gasteiger partial charge in [0.2, 0.25) is 0 Å². The summed E-state index contributed by atoms with van der Waals surface area (Å²) in [6.07, 6.45) is 0.863. The maximum Gasteiger partial charge on any atom is 0.261 e. The van der Waals surface area contributed by atoms with Gasteiger partial charge in [0.25, 0.3) is 5.89 Å². The van der Waals surface area contributed by atoms with Crippen LogP contribution in [-0.2, 0) is 10.3 Å². The zero-order valence-corrected chi connectivity index (χ0v) is 11.9. The quantitative estimate of drug-likeness (QED) is 0.830. The van der Waals surface area contributed by atoms with Crippen molar-refractivity contribution in [2.45, 2.75) is 25.8 Å². The van der Waals surface area contributed by atoms with Crippen molar-refractivity contribution in [3.8, 4) is 11.5 Å². The lowest BCUT2D eigenvalue weighted by Gasteiger charge is -2.19. The maximum atomic E-state index is 13.7. The van der Waals surface area contributed by atoms with Crippen LogP contribution in [0.1, 0.15) is 26.1 Å². The van der Waals surface area contributed by atoms with Crippen molar-refractivity contribution in [1.82, 2.24) is 10.1 Å². The first kappa shape index (κ1) is 15.5. The number of aromatic nitrogens is 2. The molecule has 0 saturated carbocycles. The second-order valence-corrected chi connectivity index (χ2v) is 4.99. The molecule has 5 nitrogen and oxygen atoms in total. The molecule has 0 fully saturated rings. The Morgan fingerprint density at radius 2 is 2.14 bits per heavy atom. The zero-order chi connectivity index (χ0) is 15.5. The molecule has 7 heteroatoms. The molecule has 0 radical (unpaired) electrons. The van der Waals surface area contributed by atoms with Gasteiger partial charge in [-0.05, 0) is 25.5 Å². The van der Waals surface area contributed by atoms with Crippen LogP contribution >= 0.6 is 0 Å². The molecule has 2 aromatic rings. The SMILES string of the molecule is CCCOCC(C)(N)c1noc(-c2cccc(F)c2F)n1. The lowest BCUT2D eigenvalue weighted by molar-refractivity contribution is 0.0867. The Kier molecular flexibility index (Phi) is 4.64. The lowest BCUT2D eigenvalue weighted by atomic mass is 10.1. The number of halogens is 2. The van der Waals surface area contributed by atoms with Crippen LogP contribution in [0.2, 0.25) is 0 Å². The summed E-state index contributed by atoms with van der Waals surface area (Å²) >= 11 is 0. The highest BCUT2D eigenvalue weighted by atomic mass is 19.2. The Hall–Kier alpha value is -1.86. The molecule has 0 aliphatic carbocycles. The molecule has 1 heterocycles. The van der Waals surface area contributed by atoms with Crippen molar-refractivity contribution in [2.24, 2.45) is 5.73 Å². The van der Waals surface area contributed by atoms with Crippen LogP contribution in [0.15, 0.2) is 22.7 Å². The highest BCUT2D eigenvalue weighted by Gasteiger charge is 2.29. The van der Waals surface area contributed by atoms with E-state index in [1.54, 1.807) is 6.92 Å². The Balaban J connectivity index is 2.23. The minimum Gasteiger partial charge on any atom is -0.379 e. The third kappa shape index (κ3) is 3.43. The van der Waals surface area contributed by atoms with E-state index in [1.165, 1.54) is 12.1 Å². The first-order valence-electron chi connectivity index (χ1n) is 6.61. The second-order valence-electron chi connectivity index (χ2n) is 4.99. The number of nitrogens with zero attached hydrogens (tertiary/aromatic N) is 2. The summed E-state index contributed by atoms with van der Waals surface area (Å²) in [7, 11) is 0. The van der Waals surface area contributed by atoms with E-state index in [0.717, 1.165) is 12.5 Å². The van der Waals surface area contributed by atoms with Gasteiger partial charge in [0.1, 0.15) is 5.54 Å². The maximum absolute atomic E-state index is 13.7. The Morgan fingerprint density at radius 1 is 1.38 bits per heavy atom. The molecule has 1 unspecified atom stereocenters. The summed E-state index contributed by atoms with van der Waals surface area (Å²) in [5.74, 6) is -1.95. The topological polar surface area (TPSA) is 74.2 Å². The summed E-state index contributed by atoms with van der Waals surface area (Å²) in [5, 5.41) is 3.73. The van der Waals surface area contributed by atoms with Crippen LogP contribution in [0.4, 0.5) is 8.78 Å². The van der Waals surface area contributed by atoms with Gasteiger partial charge in [0.05, 0.1) is 12.2 Å². The van der Waals surface area contributed by atoms with E-state index in [-0.39, 0.29) is 23.9 Å². The molecule has 0 bridgehead atoms. The molecule has 0 amide bonds. The standard InChI is InChI=1S/C14H17F2N3O2/c1-3-7-20-8-14(2,17)13-18-12(21-19-13)9-5-4-6-10(15)11(9)16/h4-6H,3,7-8,17H2,1-2H3.